The second kappa shape index (κ2) is 10.6. The number of fused-ring (bicyclic) bond motifs is 1. The molecule has 0 spiro atoms. The maximum Gasteiger partial charge on any atom is 0.227 e. The molecule has 3 aromatic rings. The smallest absolute Gasteiger partial charge is 0.227 e. The minimum absolute atomic E-state index is 0.154. The Hall–Kier alpha value is -2.20. The number of aliphatic hydroxyl groups excluding tert-OH is 2. The fourth-order valence-corrected chi connectivity index (χ4v) is 5.46. The van der Waals surface area contributed by atoms with Crippen molar-refractivity contribution in [1.29, 1.82) is 0 Å². The number of aliphatic hydroxyl groups is 2. The topological polar surface area (TPSA) is 89.8 Å². The van der Waals surface area contributed by atoms with E-state index in [2.05, 4.69) is 22.9 Å². The van der Waals surface area contributed by atoms with Crippen LogP contribution < -0.4 is 4.90 Å². The molecule has 2 aromatic heterocycles. The maximum atomic E-state index is 12.7. The van der Waals surface area contributed by atoms with Crippen molar-refractivity contribution in [2.24, 2.45) is 0 Å². The number of benzene rings is 1. The molecule has 1 unspecified atom stereocenters. The maximum absolute atomic E-state index is 12.7. The lowest BCUT2D eigenvalue weighted by molar-refractivity contribution is -0.130. The summed E-state index contributed by atoms with van der Waals surface area (Å²) in [6, 6.07) is 12.0. The zero-order chi connectivity index (χ0) is 22.5. The highest BCUT2D eigenvalue weighted by molar-refractivity contribution is 7.99. The van der Waals surface area contributed by atoms with Crippen molar-refractivity contribution in [2.75, 3.05) is 43.4 Å². The van der Waals surface area contributed by atoms with E-state index in [9.17, 15) is 9.90 Å². The zero-order valence-corrected chi connectivity index (χ0v) is 19.7. The van der Waals surface area contributed by atoms with E-state index in [1.54, 1.807) is 11.3 Å². The molecule has 1 aliphatic heterocycles. The Labute approximate surface area is 196 Å². The summed E-state index contributed by atoms with van der Waals surface area (Å²) in [7, 11) is 0. The van der Waals surface area contributed by atoms with Gasteiger partial charge in [0, 0.05) is 36.8 Å². The SMILES string of the molecule is CCc1cc2c(N3CCN(C(=O)Cc4ccccc4)CC3)nc(SCC(O)CO)nc2s1. The van der Waals surface area contributed by atoms with Crippen molar-refractivity contribution < 1.29 is 15.0 Å². The summed E-state index contributed by atoms with van der Waals surface area (Å²) in [4.78, 5) is 28.6. The van der Waals surface area contributed by atoms with Crippen molar-refractivity contribution >= 4 is 45.0 Å². The largest absolute Gasteiger partial charge is 0.394 e. The second-order valence-corrected chi connectivity index (χ2v) is 9.89. The summed E-state index contributed by atoms with van der Waals surface area (Å²) in [6.07, 6.45) is 0.571. The fraction of sp³-hybridized carbons (Fsp3) is 0.435. The normalized spacial score (nSPS) is 15.3. The van der Waals surface area contributed by atoms with Crippen LogP contribution in [0.1, 0.15) is 17.4 Å². The van der Waals surface area contributed by atoms with Crippen LogP contribution in [0.25, 0.3) is 10.2 Å². The third-order valence-electron chi connectivity index (χ3n) is 5.50. The number of anilines is 1. The van der Waals surface area contributed by atoms with E-state index in [4.69, 9.17) is 10.1 Å². The van der Waals surface area contributed by atoms with E-state index in [0.717, 1.165) is 28.0 Å². The molecule has 32 heavy (non-hydrogen) atoms. The zero-order valence-electron chi connectivity index (χ0n) is 18.1. The number of thiophene rings is 1. The van der Waals surface area contributed by atoms with Crippen molar-refractivity contribution in [2.45, 2.75) is 31.0 Å². The van der Waals surface area contributed by atoms with Gasteiger partial charge in [-0.25, -0.2) is 9.97 Å². The van der Waals surface area contributed by atoms with Gasteiger partial charge in [-0.1, -0.05) is 49.0 Å². The number of nitrogens with zero attached hydrogens (tertiary/aromatic N) is 4. The Kier molecular flexibility index (Phi) is 7.62. The summed E-state index contributed by atoms with van der Waals surface area (Å²) < 4.78 is 0. The second-order valence-electron chi connectivity index (χ2n) is 7.79. The van der Waals surface area contributed by atoms with Gasteiger partial charge in [-0.05, 0) is 18.1 Å². The van der Waals surface area contributed by atoms with Gasteiger partial charge < -0.3 is 20.0 Å². The molecule has 0 bridgehead atoms. The summed E-state index contributed by atoms with van der Waals surface area (Å²) in [5, 5.41) is 20.5. The number of thioether (sulfide) groups is 1. The summed E-state index contributed by atoms with van der Waals surface area (Å²) in [6.45, 7) is 4.60. The number of hydrogen-bond donors (Lipinski definition) is 2. The minimum Gasteiger partial charge on any atom is -0.394 e. The molecule has 2 N–H and O–H groups in total. The molecule has 3 heterocycles. The van der Waals surface area contributed by atoms with E-state index in [0.29, 0.717) is 43.5 Å². The molecule has 7 nitrogen and oxygen atoms in total. The summed E-state index contributed by atoms with van der Waals surface area (Å²) in [5.41, 5.74) is 1.04. The number of rotatable bonds is 8. The average molecular weight is 473 g/mol. The van der Waals surface area contributed by atoms with Gasteiger partial charge in [0.05, 0.1) is 24.5 Å². The third kappa shape index (κ3) is 5.40. The van der Waals surface area contributed by atoms with Crippen LogP contribution in [0.3, 0.4) is 0 Å². The van der Waals surface area contributed by atoms with Crippen LogP contribution in [0.15, 0.2) is 41.6 Å². The highest BCUT2D eigenvalue weighted by Gasteiger charge is 2.24. The molecular weight excluding hydrogens is 444 g/mol. The van der Waals surface area contributed by atoms with Crippen LogP contribution in [-0.4, -0.2) is 75.6 Å². The van der Waals surface area contributed by atoms with Crippen LogP contribution in [0.5, 0.6) is 0 Å². The van der Waals surface area contributed by atoms with E-state index in [-0.39, 0.29) is 12.5 Å². The average Bonchev–Trinajstić information content (AvgIpc) is 3.26. The lowest BCUT2D eigenvalue weighted by atomic mass is 10.1. The summed E-state index contributed by atoms with van der Waals surface area (Å²) in [5.74, 6) is 1.39. The van der Waals surface area contributed by atoms with Crippen molar-refractivity contribution in [3.8, 4) is 0 Å². The molecule has 9 heteroatoms. The molecule has 1 amide bonds. The molecule has 1 aliphatic rings. The number of aromatic nitrogens is 2. The molecule has 1 fully saturated rings. The first kappa shape index (κ1) is 23.0. The van der Waals surface area contributed by atoms with Gasteiger partial charge in [0.25, 0.3) is 0 Å². The van der Waals surface area contributed by atoms with Crippen molar-refractivity contribution in [3.05, 3.63) is 46.8 Å². The van der Waals surface area contributed by atoms with Crippen LogP contribution in [0, 0.1) is 0 Å². The molecular formula is C23H28N4O3S2. The Bertz CT molecular complexity index is 1050. The van der Waals surface area contributed by atoms with Gasteiger partial charge in [-0.2, -0.15) is 0 Å². The van der Waals surface area contributed by atoms with Gasteiger partial charge in [0.15, 0.2) is 5.16 Å². The Morgan fingerprint density at radius 2 is 1.94 bits per heavy atom. The Morgan fingerprint density at radius 3 is 2.62 bits per heavy atom. The van der Waals surface area contributed by atoms with E-state index >= 15 is 0 Å². The first-order valence-corrected chi connectivity index (χ1v) is 12.7. The molecule has 0 aliphatic carbocycles. The van der Waals surface area contributed by atoms with E-state index in [1.165, 1.54) is 16.6 Å². The highest BCUT2D eigenvalue weighted by atomic mass is 32.2. The molecule has 170 valence electrons. The van der Waals surface area contributed by atoms with Crippen LogP contribution in [0.4, 0.5) is 5.82 Å². The Morgan fingerprint density at radius 1 is 1.19 bits per heavy atom. The predicted octanol–water partition coefficient (Wildman–Crippen LogP) is 2.59. The predicted molar refractivity (Wildman–Crippen MR) is 130 cm³/mol. The molecule has 0 radical (unpaired) electrons. The quantitative estimate of drug-likeness (QED) is 0.385. The lowest BCUT2D eigenvalue weighted by Crippen LogP contribution is -2.49. The van der Waals surface area contributed by atoms with Crippen LogP contribution >= 0.6 is 23.1 Å². The highest BCUT2D eigenvalue weighted by Crippen LogP contribution is 2.34. The third-order valence-corrected chi connectivity index (χ3v) is 7.66. The standard InChI is InChI=1S/C23H28N4O3S2/c1-2-18-13-19-21(24-23(25-22(19)32-18)31-15-17(29)14-28)27-10-8-26(9-11-27)20(30)12-16-6-4-3-5-7-16/h3-7,13,17,28-29H,2,8-12,14-15H2,1H3. The minimum atomic E-state index is -0.795. The monoisotopic (exact) mass is 472 g/mol. The number of carbonyl (C=O) groups is 1. The molecule has 0 saturated carbocycles. The fourth-order valence-electron chi connectivity index (χ4n) is 3.69. The summed E-state index contributed by atoms with van der Waals surface area (Å²) >= 11 is 3.02. The van der Waals surface area contributed by atoms with E-state index in [1.807, 2.05) is 35.2 Å². The number of aryl methyl sites for hydroxylation is 1. The van der Waals surface area contributed by atoms with Gasteiger partial charge in [0.2, 0.25) is 5.91 Å². The first-order chi connectivity index (χ1) is 15.6. The molecule has 1 aromatic carbocycles. The van der Waals surface area contributed by atoms with Crippen LogP contribution in [-0.2, 0) is 17.6 Å². The van der Waals surface area contributed by atoms with Gasteiger partial charge in [-0.3, -0.25) is 4.79 Å². The molecule has 4 rings (SSSR count). The number of amides is 1. The molecule has 1 saturated heterocycles. The van der Waals surface area contributed by atoms with E-state index < -0.39 is 6.10 Å². The number of piperazine rings is 1. The van der Waals surface area contributed by atoms with Crippen LogP contribution in [0.2, 0.25) is 0 Å². The lowest BCUT2D eigenvalue weighted by Gasteiger charge is -2.35. The Balaban J connectivity index is 1.49. The molecule has 1 atom stereocenters. The van der Waals surface area contributed by atoms with Gasteiger partial charge >= 0.3 is 0 Å². The van der Waals surface area contributed by atoms with Crippen molar-refractivity contribution in [3.63, 3.8) is 0 Å². The van der Waals surface area contributed by atoms with Gasteiger partial charge in [-0.15, -0.1) is 11.3 Å². The van der Waals surface area contributed by atoms with Gasteiger partial charge in [0.1, 0.15) is 10.6 Å². The van der Waals surface area contributed by atoms with Crippen molar-refractivity contribution in [1.82, 2.24) is 14.9 Å². The first-order valence-electron chi connectivity index (χ1n) is 10.9. The number of hydrogen-bond acceptors (Lipinski definition) is 8. The number of carbonyl (C=O) groups excluding carboxylic acids is 1.